The van der Waals surface area contributed by atoms with Gasteiger partial charge in [-0.25, -0.2) is 4.39 Å². The predicted molar refractivity (Wildman–Crippen MR) is 84.1 cm³/mol. The number of nitrogens with zero attached hydrogens (tertiary/aromatic N) is 6. The number of aromatic nitrogens is 4. The number of aryl methyl sites for hydroxylation is 2. The van der Waals surface area contributed by atoms with E-state index in [2.05, 4.69) is 20.4 Å². The average Bonchev–Trinajstić information content (AvgIpc) is 3.13. The quantitative estimate of drug-likeness (QED) is 0.727. The Morgan fingerprint density at radius 3 is 2.83 bits per heavy atom. The molecular weight excluding hydrogens is 311 g/mol. The fraction of sp³-hybridized carbons (Fsp3) is 0.188. The van der Waals surface area contributed by atoms with Crippen molar-refractivity contribution >= 4 is 5.69 Å². The second-order valence-electron chi connectivity index (χ2n) is 5.64. The molecular formula is C16H13FN6O. The second kappa shape index (κ2) is 5.19. The molecule has 0 spiro atoms. The van der Waals surface area contributed by atoms with E-state index in [1.54, 1.807) is 37.0 Å². The van der Waals surface area contributed by atoms with Gasteiger partial charge in [0.15, 0.2) is 0 Å². The van der Waals surface area contributed by atoms with E-state index in [1.165, 1.54) is 12.1 Å². The van der Waals surface area contributed by atoms with E-state index in [1.807, 2.05) is 6.20 Å². The molecule has 1 atom stereocenters. The van der Waals surface area contributed by atoms with Crippen LogP contribution in [0.2, 0.25) is 0 Å². The zero-order valence-electron chi connectivity index (χ0n) is 13.0. The van der Waals surface area contributed by atoms with Gasteiger partial charge in [0.2, 0.25) is 0 Å². The van der Waals surface area contributed by atoms with Crippen LogP contribution in [0.1, 0.15) is 22.9 Å². The van der Waals surface area contributed by atoms with Crippen LogP contribution < -0.4 is 5.56 Å². The highest BCUT2D eigenvalue weighted by molar-refractivity contribution is 5.49. The average molecular weight is 324 g/mol. The first-order valence-electron chi connectivity index (χ1n) is 7.34. The highest BCUT2D eigenvalue weighted by Crippen LogP contribution is 2.37. The minimum Gasteiger partial charge on any atom is -0.275 e. The summed E-state index contributed by atoms with van der Waals surface area (Å²) in [7, 11) is 1.80. The van der Waals surface area contributed by atoms with Crippen LogP contribution in [0.3, 0.4) is 0 Å². The lowest BCUT2D eigenvalue weighted by atomic mass is 10.1. The third-order valence-electron chi connectivity index (χ3n) is 3.92. The standard InChI is InChI=1S/C16H13FN6O/c1-9-4-3-5-11(17)16(9)23-13(24)6-12-15(21-23)14(20-19-12)10-7-18-22(2)8-10/h3-8,14H,1-2H3. The number of benzene rings is 1. The molecule has 120 valence electrons. The van der Waals surface area contributed by atoms with Crippen LogP contribution in [-0.4, -0.2) is 19.6 Å². The number of azo groups is 1. The molecule has 0 saturated carbocycles. The van der Waals surface area contributed by atoms with Gasteiger partial charge >= 0.3 is 0 Å². The van der Waals surface area contributed by atoms with E-state index in [-0.39, 0.29) is 5.69 Å². The van der Waals surface area contributed by atoms with Crippen LogP contribution in [0.15, 0.2) is 51.7 Å². The van der Waals surface area contributed by atoms with Gasteiger partial charge in [0.05, 0.1) is 6.20 Å². The molecule has 2 aromatic heterocycles. The number of rotatable bonds is 2. The molecule has 7 nitrogen and oxygen atoms in total. The first-order valence-corrected chi connectivity index (χ1v) is 7.34. The minimum atomic E-state index is -0.505. The van der Waals surface area contributed by atoms with Gasteiger partial charge in [0, 0.05) is 24.9 Å². The summed E-state index contributed by atoms with van der Waals surface area (Å²) in [6, 6.07) is 5.50. The lowest BCUT2D eigenvalue weighted by Gasteiger charge is -2.11. The smallest absolute Gasteiger partial charge is 0.273 e. The molecule has 1 aliphatic rings. The summed E-state index contributed by atoms with van der Waals surface area (Å²) >= 11 is 0. The molecule has 0 amide bonds. The fourth-order valence-corrected chi connectivity index (χ4v) is 2.77. The van der Waals surface area contributed by atoms with Crippen molar-refractivity contribution in [1.29, 1.82) is 0 Å². The number of hydrogen-bond donors (Lipinski definition) is 0. The third-order valence-corrected chi connectivity index (χ3v) is 3.92. The maximum Gasteiger partial charge on any atom is 0.273 e. The third kappa shape index (κ3) is 2.15. The first-order chi connectivity index (χ1) is 11.5. The Hall–Kier alpha value is -3.16. The van der Waals surface area contributed by atoms with Crippen molar-refractivity contribution in [2.24, 2.45) is 17.3 Å². The molecule has 0 radical (unpaired) electrons. The maximum absolute atomic E-state index is 14.2. The van der Waals surface area contributed by atoms with Crippen molar-refractivity contribution in [3.8, 4) is 5.69 Å². The summed E-state index contributed by atoms with van der Waals surface area (Å²) in [5.74, 6) is -0.505. The molecule has 3 heterocycles. The van der Waals surface area contributed by atoms with Crippen molar-refractivity contribution < 1.29 is 4.39 Å². The molecule has 1 unspecified atom stereocenters. The normalized spacial score (nSPS) is 15.7. The Bertz CT molecular complexity index is 1020. The molecule has 8 heteroatoms. The molecule has 0 aliphatic carbocycles. The Morgan fingerprint density at radius 1 is 1.29 bits per heavy atom. The highest BCUT2D eigenvalue weighted by atomic mass is 19.1. The molecule has 4 rings (SSSR count). The summed E-state index contributed by atoms with van der Waals surface area (Å²) in [5, 5.41) is 16.7. The number of para-hydroxylation sites is 1. The van der Waals surface area contributed by atoms with Gasteiger partial charge in [0.1, 0.15) is 28.9 Å². The summed E-state index contributed by atoms with van der Waals surface area (Å²) < 4.78 is 17.0. The molecule has 0 saturated heterocycles. The SMILES string of the molecule is Cc1cccc(F)c1-n1nc2c(cc1=O)N=NC2c1cnn(C)c1. The Labute approximate surface area is 136 Å². The Morgan fingerprint density at radius 2 is 2.12 bits per heavy atom. The Kier molecular flexibility index (Phi) is 3.12. The molecule has 1 aromatic carbocycles. The zero-order chi connectivity index (χ0) is 16.8. The van der Waals surface area contributed by atoms with E-state index in [0.717, 1.165) is 10.2 Å². The van der Waals surface area contributed by atoms with Crippen LogP contribution >= 0.6 is 0 Å². The van der Waals surface area contributed by atoms with Gasteiger partial charge in [-0.15, -0.1) is 0 Å². The molecule has 0 bridgehead atoms. The van der Waals surface area contributed by atoms with Crippen LogP contribution in [0.4, 0.5) is 10.1 Å². The first kappa shape index (κ1) is 14.4. The van der Waals surface area contributed by atoms with Gasteiger partial charge in [0.25, 0.3) is 5.56 Å². The van der Waals surface area contributed by atoms with Gasteiger partial charge in [-0.2, -0.15) is 25.1 Å². The fourth-order valence-electron chi connectivity index (χ4n) is 2.77. The summed E-state index contributed by atoms with van der Waals surface area (Å²) in [6.07, 6.45) is 3.48. The van der Waals surface area contributed by atoms with Crippen molar-refractivity contribution in [3.63, 3.8) is 0 Å². The van der Waals surface area contributed by atoms with Crippen LogP contribution in [0.5, 0.6) is 0 Å². The summed E-state index contributed by atoms with van der Waals surface area (Å²) in [5.41, 5.74) is 2.02. The minimum absolute atomic E-state index is 0.141. The van der Waals surface area contributed by atoms with Crippen molar-refractivity contribution in [1.82, 2.24) is 19.6 Å². The predicted octanol–water partition coefficient (Wildman–Crippen LogP) is 2.60. The zero-order valence-corrected chi connectivity index (χ0v) is 13.0. The van der Waals surface area contributed by atoms with Crippen molar-refractivity contribution in [2.75, 3.05) is 0 Å². The van der Waals surface area contributed by atoms with Crippen molar-refractivity contribution in [2.45, 2.75) is 13.0 Å². The molecule has 1 aliphatic heterocycles. The topological polar surface area (TPSA) is 77.4 Å². The van der Waals surface area contributed by atoms with Crippen molar-refractivity contribution in [3.05, 3.63) is 69.7 Å². The number of fused-ring (bicyclic) bond motifs is 1. The van der Waals surface area contributed by atoms with Crippen LogP contribution in [0.25, 0.3) is 5.69 Å². The molecule has 3 aromatic rings. The molecule has 0 N–H and O–H groups in total. The Balaban J connectivity index is 1.90. The van der Waals surface area contributed by atoms with E-state index in [4.69, 9.17) is 0 Å². The van der Waals surface area contributed by atoms with Crippen LogP contribution in [-0.2, 0) is 7.05 Å². The lowest BCUT2D eigenvalue weighted by Crippen LogP contribution is -2.23. The van der Waals surface area contributed by atoms with E-state index in [9.17, 15) is 9.18 Å². The molecule has 0 fully saturated rings. The molecule has 24 heavy (non-hydrogen) atoms. The maximum atomic E-state index is 14.2. The monoisotopic (exact) mass is 324 g/mol. The van der Waals surface area contributed by atoms with Gasteiger partial charge in [-0.3, -0.25) is 9.48 Å². The van der Waals surface area contributed by atoms with E-state index >= 15 is 0 Å². The largest absolute Gasteiger partial charge is 0.275 e. The van der Waals surface area contributed by atoms with E-state index in [0.29, 0.717) is 16.9 Å². The summed E-state index contributed by atoms with van der Waals surface area (Å²) in [6.45, 7) is 1.73. The number of hydrogen-bond acceptors (Lipinski definition) is 5. The van der Waals surface area contributed by atoms with E-state index < -0.39 is 17.4 Å². The van der Waals surface area contributed by atoms with Gasteiger partial charge in [-0.1, -0.05) is 12.1 Å². The van der Waals surface area contributed by atoms with Gasteiger partial charge < -0.3 is 0 Å². The second-order valence-corrected chi connectivity index (χ2v) is 5.64. The number of halogens is 1. The summed E-state index contributed by atoms with van der Waals surface area (Å²) in [4.78, 5) is 12.3. The lowest BCUT2D eigenvalue weighted by molar-refractivity contribution is 0.599. The van der Waals surface area contributed by atoms with Gasteiger partial charge in [-0.05, 0) is 18.6 Å². The highest BCUT2D eigenvalue weighted by Gasteiger charge is 2.27. The van der Waals surface area contributed by atoms with Crippen LogP contribution in [0, 0.1) is 12.7 Å².